The molecular weight excluding hydrogens is 456 g/mol. The van der Waals surface area contributed by atoms with Gasteiger partial charge in [-0.15, -0.1) is 17.5 Å². The highest BCUT2D eigenvalue weighted by atomic mass is 35.5. The van der Waals surface area contributed by atoms with Crippen LogP contribution in [0.2, 0.25) is 0 Å². The molecule has 34 heavy (non-hydrogen) atoms. The van der Waals surface area contributed by atoms with Crippen LogP contribution in [-0.4, -0.2) is 89.2 Å². The summed E-state index contributed by atoms with van der Waals surface area (Å²) in [6, 6.07) is 6.70. The van der Waals surface area contributed by atoms with Crippen LogP contribution in [0.1, 0.15) is 56.0 Å². The predicted molar refractivity (Wildman–Crippen MR) is 131 cm³/mol. The monoisotopic (exact) mass is 492 g/mol. The predicted octanol–water partition coefficient (Wildman–Crippen LogP) is 2.94. The van der Waals surface area contributed by atoms with Crippen molar-refractivity contribution in [1.29, 1.82) is 0 Å². The first-order valence-electron chi connectivity index (χ1n) is 12.3. The molecular formula is C24H37ClN6O3. The van der Waals surface area contributed by atoms with Crippen LogP contribution in [0.4, 0.5) is 0 Å². The average molecular weight is 493 g/mol. The van der Waals surface area contributed by atoms with Gasteiger partial charge in [-0.1, -0.05) is 12.8 Å². The number of halogens is 1. The van der Waals surface area contributed by atoms with Crippen molar-refractivity contribution in [2.24, 2.45) is 0 Å². The number of tetrazole rings is 1. The van der Waals surface area contributed by atoms with Crippen molar-refractivity contribution in [2.75, 3.05) is 47.0 Å². The van der Waals surface area contributed by atoms with Crippen molar-refractivity contribution < 1.29 is 14.2 Å². The number of benzene rings is 1. The van der Waals surface area contributed by atoms with Crippen LogP contribution in [0, 0.1) is 0 Å². The smallest absolute Gasteiger partial charge is 0.173 e. The zero-order valence-corrected chi connectivity index (χ0v) is 21.1. The lowest BCUT2D eigenvalue weighted by atomic mass is 10.0. The lowest BCUT2D eigenvalue weighted by molar-refractivity contribution is 0.0714. The third kappa shape index (κ3) is 5.32. The standard InChI is InChI=1S/C24H36N6O3.ClH/c1-31-19-9-10-21(22(16-19)32-2)23(24-25-26-27-30(24)17-20-8-5-15-33-20)29-13-11-28(12-14-29)18-6-3-4-7-18;/h9-10,16,18,20,23H,3-8,11-15,17H2,1-2H3;1H. The molecule has 2 aliphatic heterocycles. The molecule has 0 spiro atoms. The van der Waals surface area contributed by atoms with Crippen LogP contribution in [0.15, 0.2) is 18.2 Å². The molecule has 188 valence electrons. The number of ether oxygens (including phenoxy) is 3. The van der Waals surface area contributed by atoms with E-state index in [9.17, 15) is 0 Å². The molecule has 2 saturated heterocycles. The Labute approximate surface area is 208 Å². The summed E-state index contributed by atoms with van der Waals surface area (Å²) in [5.74, 6) is 2.42. The highest BCUT2D eigenvalue weighted by molar-refractivity contribution is 5.85. The Kier molecular flexibility index (Phi) is 8.63. The van der Waals surface area contributed by atoms with Crippen LogP contribution in [0.5, 0.6) is 11.5 Å². The van der Waals surface area contributed by atoms with Gasteiger partial charge < -0.3 is 14.2 Å². The van der Waals surface area contributed by atoms with Gasteiger partial charge in [-0.3, -0.25) is 9.80 Å². The van der Waals surface area contributed by atoms with Crippen molar-refractivity contribution >= 4 is 12.4 Å². The fraction of sp³-hybridized carbons (Fsp3) is 0.708. The third-order valence-electron chi connectivity index (χ3n) is 7.50. The van der Waals surface area contributed by atoms with E-state index in [0.717, 1.165) is 74.6 Å². The van der Waals surface area contributed by atoms with E-state index in [4.69, 9.17) is 14.2 Å². The molecule has 3 fully saturated rings. The number of aromatic nitrogens is 4. The summed E-state index contributed by atoms with van der Waals surface area (Å²) in [5, 5.41) is 13.0. The first-order chi connectivity index (χ1) is 16.3. The normalized spacial score (nSPS) is 23.1. The zero-order chi connectivity index (χ0) is 22.6. The van der Waals surface area contributed by atoms with Gasteiger partial charge in [0.15, 0.2) is 5.82 Å². The molecule has 1 aromatic carbocycles. The minimum atomic E-state index is -0.0898. The van der Waals surface area contributed by atoms with Crippen molar-refractivity contribution in [2.45, 2.75) is 63.3 Å². The second-order valence-electron chi connectivity index (χ2n) is 9.37. The zero-order valence-electron chi connectivity index (χ0n) is 20.3. The molecule has 0 N–H and O–H groups in total. The van der Waals surface area contributed by atoms with Gasteiger partial charge in [0, 0.05) is 50.5 Å². The Hall–Kier alpha value is -1.94. The SMILES string of the molecule is COc1ccc(C(c2nnnn2CC2CCCO2)N2CCN(C3CCCC3)CC2)c(OC)c1.Cl. The van der Waals surface area contributed by atoms with Gasteiger partial charge in [-0.25, -0.2) is 4.68 Å². The van der Waals surface area contributed by atoms with Crippen molar-refractivity contribution in [3.8, 4) is 11.5 Å². The molecule has 2 atom stereocenters. The number of nitrogens with zero attached hydrogens (tertiary/aromatic N) is 6. The van der Waals surface area contributed by atoms with E-state index in [1.807, 2.05) is 16.8 Å². The molecule has 5 rings (SSSR count). The van der Waals surface area contributed by atoms with Gasteiger partial charge in [-0.2, -0.15) is 0 Å². The summed E-state index contributed by atoms with van der Waals surface area (Å²) in [6.45, 7) is 5.60. The highest BCUT2D eigenvalue weighted by Gasteiger charge is 2.35. The number of methoxy groups -OCH3 is 2. The molecule has 1 aromatic heterocycles. The second-order valence-corrected chi connectivity index (χ2v) is 9.37. The van der Waals surface area contributed by atoms with Crippen LogP contribution in [0.25, 0.3) is 0 Å². The Morgan fingerprint density at radius 3 is 2.50 bits per heavy atom. The number of hydrogen-bond donors (Lipinski definition) is 0. The third-order valence-corrected chi connectivity index (χ3v) is 7.50. The Morgan fingerprint density at radius 1 is 1.03 bits per heavy atom. The van der Waals surface area contributed by atoms with Crippen LogP contribution in [-0.2, 0) is 11.3 Å². The summed E-state index contributed by atoms with van der Waals surface area (Å²) in [4.78, 5) is 5.19. The Balaban J connectivity index is 0.00000274. The van der Waals surface area contributed by atoms with Crippen LogP contribution < -0.4 is 9.47 Å². The van der Waals surface area contributed by atoms with Gasteiger partial charge >= 0.3 is 0 Å². The summed E-state index contributed by atoms with van der Waals surface area (Å²) < 4.78 is 19.1. The molecule has 2 unspecified atom stereocenters. The molecule has 2 aromatic rings. The summed E-state index contributed by atoms with van der Waals surface area (Å²) in [6.07, 6.45) is 7.75. The largest absolute Gasteiger partial charge is 0.497 e. The molecule has 1 saturated carbocycles. The van der Waals surface area contributed by atoms with E-state index in [2.05, 4.69) is 31.4 Å². The van der Waals surface area contributed by atoms with Crippen molar-refractivity contribution in [1.82, 2.24) is 30.0 Å². The summed E-state index contributed by atoms with van der Waals surface area (Å²) >= 11 is 0. The molecule has 0 bridgehead atoms. The lowest BCUT2D eigenvalue weighted by Gasteiger charge is -2.41. The van der Waals surface area contributed by atoms with Gasteiger partial charge in [-0.05, 0) is 48.2 Å². The van der Waals surface area contributed by atoms with Crippen molar-refractivity contribution in [3.63, 3.8) is 0 Å². The fourth-order valence-electron chi connectivity index (χ4n) is 5.69. The van der Waals surface area contributed by atoms with E-state index in [0.29, 0.717) is 6.54 Å². The van der Waals surface area contributed by atoms with Gasteiger partial charge in [0.1, 0.15) is 17.5 Å². The number of hydrogen-bond acceptors (Lipinski definition) is 8. The number of rotatable bonds is 8. The Bertz CT molecular complexity index is 908. The van der Waals surface area contributed by atoms with Crippen LogP contribution >= 0.6 is 12.4 Å². The Morgan fingerprint density at radius 2 is 1.82 bits per heavy atom. The molecule has 10 heteroatoms. The van der Waals surface area contributed by atoms with E-state index in [-0.39, 0.29) is 24.6 Å². The first-order valence-corrected chi connectivity index (χ1v) is 12.3. The van der Waals surface area contributed by atoms with Gasteiger partial charge in [0.25, 0.3) is 0 Å². The topological polar surface area (TPSA) is 77.8 Å². The van der Waals surface area contributed by atoms with Gasteiger partial charge in [0.2, 0.25) is 0 Å². The molecule has 3 aliphatic rings. The summed E-state index contributed by atoms with van der Waals surface area (Å²) in [7, 11) is 3.39. The average Bonchev–Trinajstić information content (AvgIpc) is 3.64. The van der Waals surface area contributed by atoms with E-state index < -0.39 is 0 Å². The first kappa shape index (κ1) is 25.2. The maximum Gasteiger partial charge on any atom is 0.173 e. The van der Waals surface area contributed by atoms with E-state index in [1.165, 1.54) is 25.7 Å². The lowest BCUT2D eigenvalue weighted by Crippen LogP contribution is -2.51. The molecule has 0 amide bonds. The summed E-state index contributed by atoms with van der Waals surface area (Å²) in [5.41, 5.74) is 1.07. The van der Waals surface area contributed by atoms with Crippen molar-refractivity contribution in [3.05, 3.63) is 29.6 Å². The van der Waals surface area contributed by atoms with E-state index in [1.54, 1.807) is 14.2 Å². The second kappa shape index (κ2) is 11.7. The maximum atomic E-state index is 5.88. The molecule has 1 aliphatic carbocycles. The van der Waals surface area contributed by atoms with Gasteiger partial charge in [0.05, 0.1) is 26.9 Å². The van der Waals surface area contributed by atoms with Crippen LogP contribution in [0.3, 0.4) is 0 Å². The minimum Gasteiger partial charge on any atom is -0.497 e. The van der Waals surface area contributed by atoms with E-state index >= 15 is 0 Å². The highest BCUT2D eigenvalue weighted by Crippen LogP contribution is 2.37. The molecule has 0 radical (unpaired) electrons. The molecule has 3 heterocycles. The molecule has 9 nitrogen and oxygen atoms in total. The fourth-order valence-corrected chi connectivity index (χ4v) is 5.69. The quantitative estimate of drug-likeness (QED) is 0.556. The minimum absolute atomic E-state index is 0. The number of piperazine rings is 1. The maximum absolute atomic E-state index is 5.88.